The first-order valence-electron chi connectivity index (χ1n) is 5.99. The molecule has 0 amide bonds. The molecule has 2 nitrogen and oxygen atoms in total. The molecule has 0 atom stereocenters. The van der Waals surface area contributed by atoms with Gasteiger partial charge in [-0.3, -0.25) is 8.75 Å². The predicted molar refractivity (Wildman–Crippen MR) is 76.3 cm³/mol. The van der Waals surface area contributed by atoms with Gasteiger partial charge in [0.05, 0.1) is 16.6 Å². The van der Waals surface area contributed by atoms with Gasteiger partial charge in [0.15, 0.2) is 0 Å². The van der Waals surface area contributed by atoms with E-state index in [4.69, 9.17) is 0 Å². The van der Waals surface area contributed by atoms with Crippen molar-refractivity contribution in [2.45, 2.75) is 13.5 Å². The Morgan fingerprint density at radius 1 is 1.21 bits per heavy atom. The number of hydrogen-bond donors (Lipinski definition) is 0. The third-order valence-electron chi connectivity index (χ3n) is 3.08. The van der Waals surface area contributed by atoms with Gasteiger partial charge in [0, 0.05) is 5.56 Å². The van der Waals surface area contributed by atoms with Crippen LogP contribution >= 0.6 is 11.5 Å². The summed E-state index contributed by atoms with van der Waals surface area (Å²) in [6.45, 7) is 2.13. The van der Waals surface area contributed by atoms with E-state index in [0.717, 1.165) is 10.3 Å². The molecule has 3 rings (SSSR count). The number of rotatable bonds is 2. The lowest BCUT2D eigenvalue weighted by atomic mass is 10.1. The molecule has 0 bridgehead atoms. The Morgan fingerprint density at radius 3 is 2.74 bits per heavy atom. The maximum Gasteiger partial charge on any atom is 0.268 e. The van der Waals surface area contributed by atoms with Gasteiger partial charge in [0.2, 0.25) is 0 Å². The van der Waals surface area contributed by atoms with Crippen LogP contribution in [-0.4, -0.2) is 3.96 Å². The van der Waals surface area contributed by atoms with Crippen molar-refractivity contribution >= 4 is 21.6 Å². The zero-order valence-electron chi connectivity index (χ0n) is 10.4. The summed E-state index contributed by atoms with van der Waals surface area (Å²) in [5.74, 6) is -0.260. The first kappa shape index (κ1) is 12.1. The van der Waals surface area contributed by atoms with Crippen molar-refractivity contribution in [2.75, 3.05) is 0 Å². The lowest BCUT2D eigenvalue weighted by molar-refractivity contribution is 0.602. The van der Waals surface area contributed by atoms with Crippen LogP contribution in [0.3, 0.4) is 0 Å². The van der Waals surface area contributed by atoms with Crippen LogP contribution in [0.1, 0.15) is 11.1 Å². The van der Waals surface area contributed by atoms with E-state index in [9.17, 15) is 9.18 Å². The Labute approximate surface area is 113 Å². The number of hydrogen-bond acceptors (Lipinski definition) is 2. The largest absolute Gasteiger partial charge is 0.268 e. The third kappa shape index (κ3) is 2.19. The van der Waals surface area contributed by atoms with Crippen LogP contribution < -0.4 is 5.56 Å². The summed E-state index contributed by atoms with van der Waals surface area (Å²) in [5.41, 5.74) is 1.37. The second kappa shape index (κ2) is 4.63. The summed E-state index contributed by atoms with van der Waals surface area (Å²) in [5, 5.41) is 0.694. The van der Waals surface area contributed by atoms with E-state index in [1.54, 1.807) is 16.1 Å². The Balaban J connectivity index is 2.06. The molecule has 2 aromatic carbocycles. The zero-order valence-corrected chi connectivity index (χ0v) is 11.2. The van der Waals surface area contributed by atoms with Gasteiger partial charge in [-0.1, -0.05) is 35.8 Å². The fourth-order valence-electron chi connectivity index (χ4n) is 2.06. The molecular weight excluding hydrogens is 261 g/mol. The van der Waals surface area contributed by atoms with E-state index in [1.165, 1.54) is 17.6 Å². The average Bonchev–Trinajstić information content (AvgIpc) is 2.70. The Hall–Kier alpha value is -1.94. The number of halogens is 1. The van der Waals surface area contributed by atoms with Gasteiger partial charge in [-0.25, -0.2) is 4.39 Å². The standard InChI is InChI=1S/C15H12FNOS/c1-10-6-7-11(13(16)8-10)9-17-15(18)12-4-2-3-5-14(12)19-17/h2-8H,9H2,1H3. The topological polar surface area (TPSA) is 22.0 Å². The molecule has 1 heterocycles. The Morgan fingerprint density at radius 2 is 2.00 bits per heavy atom. The number of nitrogens with zero attached hydrogens (tertiary/aromatic N) is 1. The van der Waals surface area contributed by atoms with Crippen molar-refractivity contribution in [1.29, 1.82) is 0 Å². The second-order valence-corrected chi connectivity index (χ2v) is 5.59. The van der Waals surface area contributed by atoms with Crippen LogP contribution in [-0.2, 0) is 6.54 Å². The smallest absolute Gasteiger partial charge is 0.268 e. The van der Waals surface area contributed by atoms with Gasteiger partial charge < -0.3 is 0 Å². The summed E-state index contributed by atoms with van der Waals surface area (Å²) in [6, 6.07) is 12.5. The first-order valence-corrected chi connectivity index (χ1v) is 6.76. The zero-order chi connectivity index (χ0) is 13.4. The maximum absolute atomic E-state index is 13.8. The molecule has 0 unspecified atom stereocenters. The molecule has 0 aliphatic carbocycles. The fraction of sp³-hybridized carbons (Fsp3) is 0.133. The number of fused-ring (bicyclic) bond motifs is 1. The quantitative estimate of drug-likeness (QED) is 0.699. The highest BCUT2D eigenvalue weighted by atomic mass is 32.1. The number of benzene rings is 2. The molecule has 0 spiro atoms. The van der Waals surface area contributed by atoms with Gasteiger partial charge in [-0.05, 0) is 30.7 Å². The van der Waals surface area contributed by atoms with Crippen LogP contribution in [0.4, 0.5) is 4.39 Å². The highest BCUT2D eigenvalue weighted by Gasteiger charge is 2.09. The number of aryl methyl sites for hydroxylation is 1. The minimum atomic E-state index is -0.260. The van der Waals surface area contributed by atoms with E-state index < -0.39 is 0 Å². The molecule has 4 heteroatoms. The van der Waals surface area contributed by atoms with Crippen molar-refractivity contribution in [3.05, 3.63) is 69.8 Å². The number of aromatic nitrogens is 1. The van der Waals surface area contributed by atoms with Gasteiger partial charge in [-0.2, -0.15) is 0 Å². The minimum Gasteiger partial charge on any atom is -0.268 e. The van der Waals surface area contributed by atoms with E-state index in [2.05, 4.69) is 0 Å². The molecule has 96 valence electrons. The maximum atomic E-state index is 13.8. The molecule has 0 N–H and O–H groups in total. The normalized spacial score (nSPS) is 11.1. The van der Waals surface area contributed by atoms with E-state index >= 15 is 0 Å². The highest BCUT2D eigenvalue weighted by molar-refractivity contribution is 7.13. The molecule has 1 aromatic heterocycles. The molecular formula is C15H12FNOS. The minimum absolute atomic E-state index is 0.0550. The van der Waals surface area contributed by atoms with Gasteiger partial charge >= 0.3 is 0 Å². The van der Waals surface area contributed by atoms with Crippen molar-refractivity contribution in [1.82, 2.24) is 3.96 Å². The first-order chi connectivity index (χ1) is 9.15. The molecule has 0 radical (unpaired) electrons. The van der Waals surface area contributed by atoms with Crippen molar-refractivity contribution in [2.24, 2.45) is 0 Å². The van der Waals surface area contributed by atoms with Crippen LogP contribution in [0.2, 0.25) is 0 Å². The Kier molecular flexibility index (Phi) is 2.95. The van der Waals surface area contributed by atoms with Crippen molar-refractivity contribution < 1.29 is 4.39 Å². The molecule has 0 aliphatic rings. The lowest BCUT2D eigenvalue weighted by Crippen LogP contribution is -2.14. The summed E-state index contributed by atoms with van der Waals surface area (Å²) in [7, 11) is 0. The highest BCUT2D eigenvalue weighted by Crippen LogP contribution is 2.18. The van der Waals surface area contributed by atoms with Crippen molar-refractivity contribution in [3.8, 4) is 0 Å². The van der Waals surface area contributed by atoms with Crippen LogP contribution in [0.25, 0.3) is 10.1 Å². The average molecular weight is 273 g/mol. The molecule has 19 heavy (non-hydrogen) atoms. The molecule has 0 fully saturated rings. The summed E-state index contributed by atoms with van der Waals surface area (Å²) < 4.78 is 16.3. The summed E-state index contributed by atoms with van der Waals surface area (Å²) in [4.78, 5) is 12.2. The van der Waals surface area contributed by atoms with E-state index in [-0.39, 0.29) is 17.9 Å². The predicted octanol–water partition coefficient (Wildman–Crippen LogP) is 3.56. The van der Waals surface area contributed by atoms with Crippen LogP contribution in [0.15, 0.2) is 47.3 Å². The van der Waals surface area contributed by atoms with Crippen LogP contribution in [0, 0.1) is 12.7 Å². The van der Waals surface area contributed by atoms with Gasteiger partial charge in [-0.15, -0.1) is 0 Å². The summed E-state index contributed by atoms with van der Waals surface area (Å²) >= 11 is 1.37. The van der Waals surface area contributed by atoms with E-state index in [1.807, 2.05) is 31.2 Å². The van der Waals surface area contributed by atoms with E-state index in [0.29, 0.717) is 10.9 Å². The molecule has 3 aromatic rings. The molecule has 0 saturated heterocycles. The second-order valence-electron chi connectivity index (χ2n) is 4.52. The SMILES string of the molecule is Cc1ccc(Cn2sc3ccccc3c2=O)c(F)c1. The van der Waals surface area contributed by atoms with Gasteiger partial charge in [0.1, 0.15) is 5.82 Å². The lowest BCUT2D eigenvalue weighted by Gasteiger charge is -2.03. The Bertz CT molecular complexity index is 803. The molecule has 0 saturated carbocycles. The molecule has 0 aliphatic heterocycles. The fourth-order valence-corrected chi connectivity index (χ4v) is 3.07. The third-order valence-corrected chi connectivity index (χ3v) is 4.14. The monoisotopic (exact) mass is 273 g/mol. The van der Waals surface area contributed by atoms with Crippen molar-refractivity contribution in [3.63, 3.8) is 0 Å². The van der Waals surface area contributed by atoms with Crippen LogP contribution in [0.5, 0.6) is 0 Å². The summed E-state index contributed by atoms with van der Waals surface area (Å²) in [6.07, 6.45) is 0. The van der Waals surface area contributed by atoms with Gasteiger partial charge in [0.25, 0.3) is 5.56 Å².